The van der Waals surface area contributed by atoms with Gasteiger partial charge in [0.2, 0.25) is 0 Å². The third-order valence-electron chi connectivity index (χ3n) is 3.40. The first kappa shape index (κ1) is 13.9. The first-order valence-electron chi connectivity index (χ1n) is 6.11. The fourth-order valence-corrected chi connectivity index (χ4v) is 2.71. The molecule has 0 fully saturated rings. The number of hydrogen-bond acceptors (Lipinski definition) is 3. The van der Waals surface area contributed by atoms with E-state index in [2.05, 4.69) is 32.3 Å². The van der Waals surface area contributed by atoms with Gasteiger partial charge in [-0.2, -0.15) is 0 Å². The molecular weight excluding hydrogens is 262 g/mol. The minimum Gasteiger partial charge on any atom is -0.353 e. The monoisotopic (exact) mass is 279 g/mol. The number of benzene rings is 1. The number of hydrogen-bond donors (Lipinski definition) is 2. The van der Waals surface area contributed by atoms with Gasteiger partial charge >= 0.3 is 0 Å². The molecule has 1 aliphatic heterocycles. The molecule has 102 valence electrons. The Morgan fingerprint density at radius 2 is 2.16 bits per heavy atom. The lowest BCUT2D eigenvalue weighted by Gasteiger charge is -2.42. The van der Waals surface area contributed by atoms with E-state index in [1.807, 2.05) is 23.1 Å². The Morgan fingerprint density at radius 3 is 2.79 bits per heavy atom. The lowest BCUT2D eigenvalue weighted by Crippen LogP contribution is -2.51. The van der Waals surface area contributed by atoms with Crippen molar-refractivity contribution in [2.24, 2.45) is 5.84 Å². The number of allylic oxidation sites excluding steroid dienone is 1. The molecule has 3 N–H and O–H groups in total. The summed E-state index contributed by atoms with van der Waals surface area (Å²) in [7, 11) is 0. The summed E-state index contributed by atoms with van der Waals surface area (Å²) in [6, 6.07) is 5.70. The number of carbonyl (C=O) groups excluding carboxylic acids is 1. The predicted molar refractivity (Wildman–Crippen MR) is 78.9 cm³/mol. The summed E-state index contributed by atoms with van der Waals surface area (Å²) in [6.45, 7) is 6.40. The first-order chi connectivity index (χ1) is 8.85. The molecule has 1 aromatic carbocycles. The smallest absolute Gasteiger partial charge is 0.253 e. The zero-order valence-corrected chi connectivity index (χ0v) is 12.1. The second-order valence-corrected chi connectivity index (χ2v) is 5.73. The van der Waals surface area contributed by atoms with Gasteiger partial charge < -0.3 is 4.90 Å². The minimum atomic E-state index is -0.253. The standard InChI is InChI=1S/C14H18ClN3O/c1-9-7-14(2,3)18(8-13(19)17-16)12-5-4-10(15)6-11(9)12/h4-7H,8,16H2,1-3H3,(H,17,19). The normalized spacial score (nSPS) is 16.7. The number of hydrazine groups is 1. The van der Waals surface area contributed by atoms with Crippen LogP contribution in [0.2, 0.25) is 5.02 Å². The number of amides is 1. The Morgan fingerprint density at radius 1 is 1.47 bits per heavy atom. The largest absolute Gasteiger partial charge is 0.353 e. The molecule has 4 nitrogen and oxygen atoms in total. The molecule has 0 radical (unpaired) electrons. The molecule has 0 saturated heterocycles. The van der Waals surface area contributed by atoms with Crippen LogP contribution >= 0.6 is 11.6 Å². The van der Waals surface area contributed by atoms with E-state index in [-0.39, 0.29) is 18.0 Å². The van der Waals surface area contributed by atoms with E-state index in [1.165, 1.54) is 0 Å². The number of halogens is 1. The summed E-state index contributed by atoms with van der Waals surface area (Å²) >= 11 is 6.05. The molecule has 0 aliphatic carbocycles. The van der Waals surface area contributed by atoms with Crippen LogP contribution in [0.3, 0.4) is 0 Å². The molecule has 0 bridgehead atoms. The zero-order valence-electron chi connectivity index (χ0n) is 11.3. The average molecular weight is 280 g/mol. The van der Waals surface area contributed by atoms with Crippen molar-refractivity contribution in [1.29, 1.82) is 0 Å². The third kappa shape index (κ3) is 2.60. The van der Waals surface area contributed by atoms with Gasteiger partial charge in [0.05, 0.1) is 12.1 Å². The number of nitrogens with two attached hydrogens (primary N) is 1. The van der Waals surface area contributed by atoms with Gasteiger partial charge in [-0.1, -0.05) is 17.7 Å². The van der Waals surface area contributed by atoms with Gasteiger partial charge in [-0.15, -0.1) is 0 Å². The molecule has 0 aromatic heterocycles. The Balaban J connectivity index is 2.51. The number of fused-ring (bicyclic) bond motifs is 1. The maximum absolute atomic E-state index is 11.6. The molecule has 1 amide bonds. The molecule has 0 spiro atoms. The highest BCUT2D eigenvalue weighted by Gasteiger charge is 2.32. The topological polar surface area (TPSA) is 58.4 Å². The van der Waals surface area contributed by atoms with Crippen LogP contribution < -0.4 is 16.2 Å². The molecule has 5 heteroatoms. The third-order valence-corrected chi connectivity index (χ3v) is 3.64. The van der Waals surface area contributed by atoms with Crippen molar-refractivity contribution in [2.75, 3.05) is 11.4 Å². The van der Waals surface area contributed by atoms with Gasteiger partial charge in [0.1, 0.15) is 0 Å². The summed E-state index contributed by atoms with van der Waals surface area (Å²) in [6.07, 6.45) is 2.13. The van der Waals surface area contributed by atoms with Crippen molar-refractivity contribution in [2.45, 2.75) is 26.3 Å². The molecule has 1 heterocycles. The lowest BCUT2D eigenvalue weighted by atomic mass is 9.89. The number of nitrogens with zero attached hydrogens (tertiary/aromatic N) is 1. The Kier molecular flexibility index (Phi) is 3.56. The van der Waals surface area contributed by atoms with E-state index in [1.54, 1.807) is 0 Å². The van der Waals surface area contributed by atoms with Gasteiger partial charge in [-0.25, -0.2) is 5.84 Å². The van der Waals surface area contributed by atoms with E-state index in [4.69, 9.17) is 17.4 Å². The van der Waals surface area contributed by atoms with E-state index < -0.39 is 0 Å². The van der Waals surface area contributed by atoms with Crippen molar-refractivity contribution in [3.8, 4) is 0 Å². The SMILES string of the molecule is CC1=CC(C)(C)N(CC(=O)NN)c2ccc(Cl)cc21. The Bertz CT molecular complexity index is 552. The highest BCUT2D eigenvalue weighted by Crippen LogP contribution is 2.39. The second kappa shape index (κ2) is 4.87. The van der Waals surface area contributed by atoms with Crippen LogP contribution in [0.5, 0.6) is 0 Å². The Hall–Kier alpha value is -1.52. The highest BCUT2D eigenvalue weighted by atomic mass is 35.5. The van der Waals surface area contributed by atoms with Crippen molar-refractivity contribution in [3.05, 3.63) is 34.9 Å². The van der Waals surface area contributed by atoms with Crippen LogP contribution in [0.1, 0.15) is 26.3 Å². The van der Waals surface area contributed by atoms with Crippen molar-refractivity contribution < 1.29 is 4.79 Å². The van der Waals surface area contributed by atoms with E-state index in [0.717, 1.165) is 16.8 Å². The van der Waals surface area contributed by atoms with Crippen LogP contribution in [0.25, 0.3) is 5.57 Å². The van der Waals surface area contributed by atoms with E-state index >= 15 is 0 Å². The zero-order chi connectivity index (χ0) is 14.2. The average Bonchev–Trinajstić information content (AvgIpc) is 2.34. The van der Waals surface area contributed by atoms with Crippen LogP contribution in [0.4, 0.5) is 5.69 Å². The summed E-state index contributed by atoms with van der Waals surface area (Å²) in [5, 5.41) is 0.689. The molecule has 2 rings (SSSR count). The van der Waals surface area contributed by atoms with Crippen LogP contribution in [0.15, 0.2) is 24.3 Å². The van der Waals surface area contributed by atoms with Gasteiger partial charge in [-0.05, 0) is 44.5 Å². The summed E-state index contributed by atoms with van der Waals surface area (Å²) in [5.74, 6) is 4.97. The highest BCUT2D eigenvalue weighted by molar-refractivity contribution is 6.30. The van der Waals surface area contributed by atoms with Crippen molar-refractivity contribution in [1.82, 2.24) is 5.43 Å². The molecule has 19 heavy (non-hydrogen) atoms. The number of rotatable bonds is 2. The van der Waals surface area contributed by atoms with Crippen LogP contribution in [-0.4, -0.2) is 18.0 Å². The predicted octanol–water partition coefficient (Wildman–Crippen LogP) is 2.33. The molecule has 0 saturated carbocycles. The number of carbonyl (C=O) groups is 1. The van der Waals surface area contributed by atoms with Crippen molar-refractivity contribution in [3.63, 3.8) is 0 Å². The molecule has 1 aromatic rings. The van der Waals surface area contributed by atoms with E-state index in [0.29, 0.717) is 5.02 Å². The summed E-state index contributed by atoms with van der Waals surface area (Å²) in [5.41, 5.74) is 5.13. The fourth-order valence-electron chi connectivity index (χ4n) is 2.53. The van der Waals surface area contributed by atoms with Gasteiger partial charge in [0, 0.05) is 16.3 Å². The maximum Gasteiger partial charge on any atom is 0.253 e. The summed E-state index contributed by atoms with van der Waals surface area (Å²) in [4.78, 5) is 13.6. The number of anilines is 1. The maximum atomic E-state index is 11.6. The summed E-state index contributed by atoms with van der Waals surface area (Å²) < 4.78 is 0. The van der Waals surface area contributed by atoms with Crippen molar-refractivity contribution >= 4 is 28.8 Å². The fraction of sp³-hybridized carbons (Fsp3) is 0.357. The molecule has 1 aliphatic rings. The van der Waals surface area contributed by atoms with Gasteiger partial charge in [0.25, 0.3) is 5.91 Å². The molecular formula is C14H18ClN3O. The van der Waals surface area contributed by atoms with Gasteiger partial charge in [0.15, 0.2) is 0 Å². The van der Waals surface area contributed by atoms with E-state index in [9.17, 15) is 4.79 Å². The van der Waals surface area contributed by atoms with Gasteiger partial charge in [-0.3, -0.25) is 10.2 Å². The molecule has 0 atom stereocenters. The minimum absolute atomic E-state index is 0.210. The lowest BCUT2D eigenvalue weighted by molar-refractivity contribution is -0.120. The second-order valence-electron chi connectivity index (χ2n) is 5.30. The quantitative estimate of drug-likeness (QED) is 0.496. The first-order valence-corrected chi connectivity index (χ1v) is 6.49. The Labute approximate surface area is 118 Å². The van der Waals surface area contributed by atoms with Crippen LogP contribution in [-0.2, 0) is 4.79 Å². The molecule has 0 unspecified atom stereocenters. The number of nitrogens with one attached hydrogen (secondary N) is 1. The van der Waals surface area contributed by atoms with Crippen LogP contribution in [0, 0.1) is 0 Å².